The SMILES string of the molecule is O=S(=O)(c1ccc(Br)cc1)N1CCN(c2ccc(-c3cccc4ccccc34)nn2)CC1. The number of nitrogens with zero attached hydrogens (tertiary/aromatic N) is 4. The Hall–Kier alpha value is -2.81. The number of anilines is 1. The van der Waals surface area contributed by atoms with E-state index in [0.29, 0.717) is 31.1 Å². The van der Waals surface area contributed by atoms with Gasteiger partial charge in [-0.1, -0.05) is 58.4 Å². The van der Waals surface area contributed by atoms with Crippen LogP contribution < -0.4 is 4.90 Å². The lowest BCUT2D eigenvalue weighted by atomic mass is 10.0. The molecule has 0 radical (unpaired) electrons. The minimum Gasteiger partial charge on any atom is -0.352 e. The average Bonchev–Trinajstić information content (AvgIpc) is 2.84. The maximum Gasteiger partial charge on any atom is 0.243 e. The third kappa shape index (κ3) is 4.01. The summed E-state index contributed by atoms with van der Waals surface area (Å²) in [7, 11) is -3.50. The molecular weight excluding hydrogens is 488 g/mol. The molecule has 0 saturated carbocycles. The lowest BCUT2D eigenvalue weighted by molar-refractivity contribution is 0.383. The number of benzene rings is 3. The van der Waals surface area contributed by atoms with E-state index < -0.39 is 10.0 Å². The van der Waals surface area contributed by atoms with Crippen molar-refractivity contribution < 1.29 is 8.42 Å². The van der Waals surface area contributed by atoms with E-state index in [4.69, 9.17) is 0 Å². The van der Waals surface area contributed by atoms with E-state index in [9.17, 15) is 8.42 Å². The van der Waals surface area contributed by atoms with Crippen molar-refractivity contribution in [2.45, 2.75) is 4.90 Å². The fourth-order valence-corrected chi connectivity index (χ4v) is 5.69. The third-order valence-corrected chi connectivity index (χ3v) is 8.17. The molecule has 8 heteroatoms. The molecule has 0 N–H and O–H groups in total. The molecule has 162 valence electrons. The number of hydrogen-bond donors (Lipinski definition) is 0. The fourth-order valence-electron chi connectivity index (χ4n) is 4.00. The molecule has 3 aromatic carbocycles. The first kappa shape index (κ1) is 21.1. The van der Waals surface area contributed by atoms with Crippen LogP contribution in [0.25, 0.3) is 22.0 Å². The first-order valence-electron chi connectivity index (χ1n) is 10.3. The molecule has 4 aromatic rings. The fraction of sp³-hybridized carbons (Fsp3) is 0.167. The largest absolute Gasteiger partial charge is 0.352 e. The van der Waals surface area contributed by atoms with Gasteiger partial charge in [0.2, 0.25) is 10.0 Å². The van der Waals surface area contributed by atoms with Crippen LogP contribution in [0.4, 0.5) is 5.82 Å². The van der Waals surface area contributed by atoms with Crippen LogP contribution in [0.15, 0.2) is 88.2 Å². The molecule has 1 aliphatic heterocycles. The highest BCUT2D eigenvalue weighted by Crippen LogP contribution is 2.28. The monoisotopic (exact) mass is 508 g/mol. The number of fused-ring (bicyclic) bond motifs is 1. The molecule has 0 bridgehead atoms. The van der Waals surface area contributed by atoms with Crippen LogP contribution in [0.3, 0.4) is 0 Å². The van der Waals surface area contributed by atoms with Gasteiger partial charge in [0.1, 0.15) is 0 Å². The van der Waals surface area contributed by atoms with Crippen molar-refractivity contribution in [2.75, 3.05) is 31.1 Å². The summed E-state index contributed by atoms with van der Waals surface area (Å²) in [6, 6.07) is 25.1. The zero-order valence-electron chi connectivity index (χ0n) is 17.2. The van der Waals surface area contributed by atoms with Crippen molar-refractivity contribution in [3.05, 3.63) is 83.3 Å². The summed E-state index contributed by atoms with van der Waals surface area (Å²) < 4.78 is 28.2. The van der Waals surface area contributed by atoms with Crippen LogP contribution in [0.5, 0.6) is 0 Å². The topological polar surface area (TPSA) is 66.4 Å². The van der Waals surface area contributed by atoms with Gasteiger partial charge in [-0.25, -0.2) is 8.42 Å². The summed E-state index contributed by atoms with van der Waals surface area (Å²) in [5.41, 5.74) is 1.87. The molecule has 0 atom stereocenters. The summed E-state index contributed by atoms with van der Waals surface area (Å²) in [4.78, 5) is 2.39. The normalized spacial score (nSPS) is 15.2. The van der Waals surface area contributed by atoms with Crippen LogP contribution in [-0.4, -0.2) is 49.1 Å². The Balaban J connectivity index is 1.31. The standard InChI is InChI=1S/C24H21BrN4O2S/c25-19-8-10-20(11-9-19)32(30,31)29-16-14-28(15-17-29)24-13-12-23(26-27-24)22-7-3-5-18-4-1-2-6-21(18)22/h1-13H,14-17H2. The third-order valence-electron chi connectivity index (χ3n) is 5.73. The number of sulfonamides is 1. The predicted molar refractivity (Wildman–Crippen MR) is 130 cm³/mol. The minimum atomic E-state index is -3.50. The maximum atomic E-state index is 12.9. The van der Waals surface area contributed by atoms with Crippen LogP contribution in [0.2, 0.25) is 0 Å². The van der Waals surface area contributed by atoms with E-state index in [2.05, 4.69) is 55.3 Å². The summed E-state index contributed by atoms with van der Waals surface area (Å²) in [6.45, 7) is 1.95. The molecular formula is C24H21BrN4O2S. The van der Waals surface area contributed by atoms with Gasteiger partial charge in [0.05, 0.1) is 10.6 Å². The molecule has 1 saturated heterocycles. The molecule has 5 rings (SSSR count). The Morgan fingerprint density at radius 1 is 0.750 bits per heavy atom. The van der Waals surface area contributed by atoms with E-state index in [-0.39, 0.29) is 0 Å². The van der Waals surface area contributed by atoms with Gasteiger partial charge < -0.3 is 4.90 Å². The molecule has 1 fully saturated rings. The van der Waals surface area contributed by atoms with Crippen LogP contribution in [-0.2, 0) is 10.0 Å². The Morgan fingerprint density at radius 2 is 1.47 bits per heavy atom. The number of hydrogen-bond acceptors (Lipinski definition) is 5. The van der Waals surface area contributed by atoms with Crippen molar-refractivity contribution in [1.82, 2.24) is 14.5 Å². The first-order chi connectivity index (χ1) is 15.5. The summed E-state index contributed by atoms with van der Waals surface area (Å²) in [5, 5.41) is 11.2. The molecule has 0 aliphatic carbocycles. The van der Waals surface area contributed by atoms with E-state index in [0.717, 1.165) is 26.9 Å². The molecule has 2 heterocycles. The summed E-state index contributed by atoms with van der Waals surface area (Å²) in [6.07, 6.45) is 0. The van der Waals surface area contributed by atoms with E-state index in [1.165, 1.54) is 9.69 Å². The van der Waals surface area contributed by atoms with Gasteiger partial charge in [-0.3, -0.25) is 0 Å². The highest BCUT2D eigenvalue weighted by atomic mass is 79.9. The van der Waals surface area contributed by atoms with Crippen molar-refractivity contribution >= 4 is 42.5 Å². The maximum absolute atomic E-state index is 12.9. The number of aromatic nitrogens is 2. The predicted octanol–water partition coefficient (Wildman–Crippen LogP) is 4.57. The smallest absolute Gasteiger partial charge is 0.243 e. The highest BCUT2D eigenvalue weighted by molar-refractivity contribution is 9.10. The number of halogens is 1. The second kappa shape index (κ2) is 8.61. The van der Waals surface area contributed by atoms with Gasteiger partial charge in [-0.2, -0.15) is 4.31 Å². The molecule has 32 heavy (non-hydrogen) atoms. The van der Waals surface area contributed by atoms with Gasteiger partial charge >= 0.3 is 0 Å². The van der Waals surface area contributed by atoms with Gasteiger partial charge in [0, 0.05) is 36.2 Å². The Morgan fingerprint density at radius 3 is 2.19 bits per heavy atom. The zero-order chi connectivity index (χ0) is 22.1. The van der Waals surface area contributed by atoms with Crippen molar-refractivity contribution in [3.8, 4) is 11.3 Å². The molecule has 1 aromatic heterocycles. The van der Waals surface area contributed by atoms with Gasteiger partial charge in [-0.15, -0.1) is 10.2 Å². The quantitative estimate of drug-likeness (QED) is 0.403. The number of piperazine rings is 1. The van der Waals surface area contributed by atoms with Crippen molar-refractivity contribution in [1.29, 1.82) is 0 Å². The van der Waals surface area contributed by atoms with E-state index in [1.54, 1.807) is 24.3 Å². The highest BCUT2D eigenvalue weighted by Gasteiger charge is 2.29. The molecule has 0 amide bonds. The minimum absolute atomic E-state index is 0.313. The van der Waals surface area contributed by atoms with E-state index in [1.807, 2.05) is 30.3 Å². The van der Waals surface area contributed by atoms with Gasteiger partial charge in [-0.05, 0) is 47.2 Å². The lowest BCUT2D eigenvalue weighted by Gasteiger charge is -2.34. The van der Waals surface area contributed by atoms with Crippen molar-refractivity contribution in [2.24, 2.45) is 0 Å². The van der Waals surface area contributed by atoms with E-state index >= 15 is 0 Å². The van der Waals surface area contributed by atoms with Gasteiger partial charge in [0.25, 0.3) is 0 Å². The van der Waals surface area contributed by atoms with Gasteiger partial charge in [0.15, 0.2) is 5.82 Å². The molecule has 0 spiro atoms. The second-order valence-corrected chi connectivity index (χ2v) is 10.5. The van der Waals surface area contributed by atoms with Crippen LogP contribution >= 0.6 is 15.9 Å². The average molecular weight is 509 g/mol. The lowest BCUT2D eigenvalue weighted by Crippen LogP contribution is -2.48. The second-order valence-electron chi connectivity index (χ2n) is 7.65. The summed E-state index contributed by atoms with van der Waals surface area (Å²) >= 11 is 3.35. The summed E-state index contributed by atoms with van der Waals surface area (Å²) in [5.74, 6) is 0.759. The molecule has 6 nitrogen and oxygen atoms in total. The molecule has 0 unspecified atom stereocenters. The Labute approximate surface area is 195 Å². The Bertz CT molecular complexity index is 1350. The molecule has 1 aliphatic rings. The number of rotatable bonds is 4. The Kier molecular flexibility index (Phi) is 5.67. The van der Waals surface area contributed by atoms with Crippen LogP contribution in [0, 0.1) is 0 Å². The van der Waals surface area contributed by atoms with Crippen LogP contribution in [0.1, 0.15) is 0 Å². The first-order valence-corrected chi connectivity index (χ1v) is 12.6. The van der Waals surface area contributed by atoms with Crippen molar-refractivity contribution in [3.63, 3.8) is 0 Å². The zero-order valence-corrected chi connectivity index (χ0v) is 19.6.